The van der Waals surface area contributed by atoms with Gasteiger partial charge in [-0.05, 0) is 94.2 Å². The number of aryl methyl sites for hydroxylation is 1. The fraction of sp³-hybridized carbons (Fsp3) is 0.549. The first-order valence-electron chi connectivity index (χ1n) is 23.9. The van der Waals surface area contributed by atoms with E-state index in [4.69, 9.17) is 19.4 Å². The quantitative estimate of drug-likeness (QED) is 0.115. The van der Waals surface area contributed by atoms with Crippen LogP contribution in [0.3, 0.4) is 0 Å². The molecule has 1 aromatic carbocycles. The number of cyclic esters (lactones) is 1. The molecule has 370 valence electrons. The third-order valence-corrected chi connectivity index (χ3v) is 14.9. The molecule has 5 heterocycles. The molecule has 2 N–H and O–H groups in total. The molecule has 17 heteroatoms. The van der Waals surface area contributed by atoms with E-state index in [0.717, 1.165) is 51.1 Å². The first kappa shape index (κ1) is 50.2. The number of nitrogens with one attached hydrogen (secondary N) is 2. The summed E-state index contributed by atoms with van der Waals surface area (Å²) < 4.78 is 14.3. The third kappa shape index (κ3) is 10.3. The summed E-state index contributed by atoms with van der Waals surface area (Å²) in [6.07, 6.45) is 6.53. The van der Waals surface area contributed by atoms with E-state index in [1.165, 1.54) is 27.3 Å². The number of fused-ring (bicyclic) bond motifs is 6. The van der Waals surface area contributed by atoms with E-state index in [0.29, 0.717) is 50.2 Å². The van der Waals surface area contributed by atoms with Crippen molar-refractivity contribution >= 4 is 52.0 Å². The molecule has 2 aliphatic heterocycles. The van der Waals surface area contributed by atoms with E-state index >= 15 is 0 Å². The summed E-state index contributed by atoms with van der Waals surface area (Å²) in [5.74, 6) is -1.85. The van der Waals surface area contributed by atoms with E-state index in [-0.39, 0.29) is 51.9 Å². The maximum absolute atomic E-state index is 14.7. The minimum Gasteiger partial charge on any atom is -0.464 e. The number of nitrogens with zero attached hydrogens (tertiary/aromatic N) is 7. The normalized spacial score (nSPS) is 21.7. The molecule has 2 fully saturated rings. The number of aromatic nitrogens is 3. The second kappa shape index (κ2) is 20.9. The monoisotopic (exact) mass is 956 g/mol. The van der Waals surface area contributed by atoms with E-state index < -0.39 is 41.3 Å². The molecule has 1 aliphatic carbocycles. The minimum atomic E-state index is -1.09. The number of urea groups is 1. The standard InChI is InChI=1S/C51H69N9O7S.2H2/c1-12-43(61)56(8)33-19-20-34(25-33)57(9)50(65)58(10)45(30(3)4)47(62)54-39-26-42-53-40(28-68-42)32-18-21-41-36(24-32)37(46(59(41)13-2)35-16-14-22-52-44(35)31(5)66-11)27-51(6,7)29-67-49(64)38-17-15-23-60(55-38)48(39)63;;/h12,14,16,18,21-22,24,28,30-31,33-34,38-39,45,55H,1,13,15,17,19-20,23,25-27,29H2,2-11H3,(H,54,62);2*1H/t31-,33+,34?,38-,39-,45-;;/m0../s1. The predicted octanol–water partition coefficient (Wildman–Crippen LogP) is 7.27. The maximum atomic E-state index is 14.7. The van der Waals surface area contributed by atoms with Gasteiger partial charge in [0.2, 0.25) is 11.8 Å². The molecule has 68 heavy (non-hydrogen) atoms. The fourth-order valence-corrected chi connectivity index (χ4v) is 11.1. The number of hydrogen-bond donors (Lipinski definition) is 2. The van der Waals surface area contributed by atoms with Crippen LogP contribution >= 0.6 is 11.3 Å². The zero-order chi connectivity index (χ0) is 49.2. The van der Waals surface area contributed by atoms with Gasteiger partial charge in [-0.25, -0.2) is 15.2 Å². The Bertz CT molecular complexity index is 2550. The second-order valence-electron chi connectivity index (χ2n) is 19.7. The molecule has 16 nitrogen and oxygen atoms in total. The summed E-state index contributed by atoms with van der Waals surface area (Å²) in [7, 11) is 6.77. The topological polar surface area (TPSA) is 172 Å². The van der Waals surface area contributed by atoms with Gasteiger partial charge in [0.25, 0.3) is 5.91 Å². The Morgan fingerprint density at radius 2 is 1.84 bits per heavy atom. The van der Waals surface area contributed by atoms with Crippen molar-refractivity contribution in [2.24, 2.45) is 11.3 Å². The average molecular weight is 956 g/mol. The number of benzene rings is 1. The minimum absolute atomic E-state index is 0. The van der Waals surface area contributed by atoms with E-state index in [9.17, 15) is 24.0 Å². The van der Waals surface area contributed by atoms with Crippen molar-refractivity contribution in [1.29, 1.82) is 0 Å². The molecule has 1 saturated heterocycles. The van der Waals surface area contributed by atoms with Crippen LogP contribution in [0, 0.1) is 11.3 Å². The van der Waals surface area contributed by atoms with Crippen molar-refractivity contribution < 1.29 is 36.3 Å². The van der Waals surface area contributed by atoms with Crippen molar-refractivity contribution in [2.75, 3.05) is 41.4 Å². The number of rotatable bonds is 11. The number of amides is 5. The first-order chi connectivity index (χ1) is 32.4. The molecule has 3 aromatic heterocycles. The molecule has 5 amide bonds. The molecule has 1 saturated carbocycles. The van der Waals surface area contributed by atoms with Crippen LogP contribution in [0.15, 0.2) is 54.6 Å². The van der Waals surface area contributed by atoms with E-state index in [1.54, 1.807) is 44.2 Å². The third-order valence-electron chi connectivity index (χ3n) is 14.1. The Balaban J connectivity index is 0.00000456. The lowest BCUT2D eigenvalue weighted by atomic mass is 9.84. The number of methoxy groups -OCH3 is 1. The Labute approximate surface area is 407 Å². The summed E-state index contributed by atoms with van der Waals surface area (Å²) in [5, 5.41) is 8.13. The maximum Gasteiger partial charge on any atom is 0.324 e. The predicted molar refractivity (Wildman–Crippen MR) is 267 cm³/mol. The molecule has 3 aliphatic rings. The van der Waals surface area contributed by atoms with Gasteiger partial charge in [-0.1, -0.05) is 40.3 Å². The molecular formula is C51H73N9O7S. The highest BCUT2D eigenvalue weighted by Gasteiger charge is 2.40. The van der Waals surface area contributed by atoms with Crippen LogP contribution in [0.4, 0.5) is 4.79 Å². The molecular weight excluding hydrogens is 883 g/mol. The van der Waals surface area contributed by atoms with Crippen LogP contribution in [0.1, 0.15) is 98.9 Å². The van der Waals surface area contributed by atoms with Gasteiger partial charge in [0.1, 0.15) is 18.1 Å². The molecule has 7 rings (SSSR count). The van der Waals surface area contributed by atoms with Gasteiger partial charge in [-0.15, -0.1) is 11.3 Å². The lowest BCUT2D eigenvalue weighted by Crippen LogP contribution is -2.62. The number of carbonyl (C=O) groups excluding carboxylic acids is 5. The average Bonchev–Trinajstić information content (AvgIpc) is 4.09. The number of carbonyl (C=O) groups is 5. The van der Waals surface area contributed by atoms with Crippen LogP contribution < -0.4 is 10.7 Å². The van der Waals surface area contributed by atoms with Gasteiger partial charge in [-0.3, -0.25) is 29.2 Å². The zero-order valence-corrected chi connectivity index (χ0v) is 42.2. The molecule has 6 bridgehead atoms. The lowest BCUT2D eigenvalue weighted by molar-refractivity contribution is -0.155. The van der Waals surface area contributed by atoms with E-state index in [2.05, 4.69) is 66.9 Å². The fourth-order valence-electron chi connectivity index (χ4n) is 10.2. The highest BCUT2D eigenvalue weighted by molar-refractivity contribution is 7.10. The van der Waals surface area contributed by atoms with E-state index in [1.807, 2.05) is 32.2 Å². The Kier molecular flexibility index (Phi) is 15.5. The SMILES string of the molecule is C=CC(=O)N(C)[C@@H]1CCC(N(C)C(=O)N(C)[C@H](C(=O)N[C@H]2Cc3nc(cs3)-c3ccc4c(c3)c(c(-c3cccnc3[C@H](C)OC)n4CC)CC(C)(C)COC(=O)[C@@H]3CCCN(N3)C2=O)C(C)C)C1.[HH].[HH]. The summed E-state index contributed by atoms with van der Waals surface area (Å²) in [5.41, 5.74) is 9.27. The molecule has 6 atom stereocenters. The van der Waals surface area contributed by atoms with Crippen LogP contribution in [0.25, 0.3) is 33.4 Å². The molecule has 4 aromatic rings. The summed E-state index contributed by atoms with van der Waals surface area (Å²) >= 11 is 1.41. The van der Waals surface area contributed by atoms with Gasteiger partial charge in [0.15, 0.2) is 0 Å². The van der Waals surface area contributed by atoms with Gasteiger partial charge >= 0.3 is 12.0 Å². The van der Waals surface area contributed by atoms with Crippen molar-refractivity contribution in [3.8, 4) is 22.5 Å². The van der Waals surface area contributed by atoms with Crippen molar-refractivity contribution in [2.45, 2.75) is 129 Å². The number of pyridine rings is 1. The molecule has 0 radical (unpaired) electrons. The number of hydrazine groups is 1. The number of thiazole rings is 1. The van der Waals surface area contributed by atoms with Crippen LogP contribution in [-0.2, 0) is 48.0 Å². The summed E-state index contributed by atoms with van der Waals surface area (Å²) in [4.78, 5) is 84.3. The van der Waals surface area contributed by atoms with Crippen molar-refractivity contribution in [3.63, 3.8) is 0 Å². The lowest BCUT2D eigenvalue weighted by Gasteiger charge is -2.37. The summed E-state index contributed by atoms with van der Waals surface area (Å²) in [6, 6.07) is 7.11. The number of ether oxygens (including phenoxy) is 2. The van der Waals surface area contributed by atoms with Crippen LogP contribution in [0.2, 0.25) is 0 Å². The van der Waals surface area contributed by atoms with Crippen molar-refractivity contribution in [1.82, 2.24) is 45.0 Å². The molecule has 0 spiro atoms. The summed E-state index contributed by atoms with van der Waals surface area (Å²) in [6.45, 7) is 16.8. The highest BCUT2D eigenvalue weighted by atomic mass is 32.1. The number of hydrogen-bond acceptors (Lipinski definition) is 11. The first-order valence-corrected chi connectivity index (χ1v) is 24.8. The zero-order valence-electron chi connectivity index (χ0n) is 41.3. The van der Waals surface area contributed by atoms with Gasteiger partial charge in [-0.2, -0.15) is 0 Å². The Hall–Kier alpha value is -5.65. The smallest absolute Gasteiger partial charge is 0.324 e. The molecule has 1 unspecified atom stereocenters. The van der Waals surface area contributed by atoms with Crippen LogP contribution in [-0.4, -0.2) is 136 Å². The van der Waals surface area contributed by atoms with Crippen LogP contribution in [0.5, 0.6) is 0 Å². The number of esters is 1. The largest absolute Gasteiger partial charge is 0.464 e. The Morgan fingerprint density at radius 1 is 1.10 bits per heavy atom. The van der Waals surface area contributed by atoms with Gasteiger partial charge < -0.3 is 34.1 Å². The van der Waals surface area contributed by atoms with Gasteiger partial charge in [0.05, 0.1) is 34.8 Å². The Morgan fingerprint density at radius 3 is 2.53 bits per heavy atom. The second-order valence-corrected chi connectivity index (χ2v) is 20.7. The van der Waals surface area contributed by atoms with Crippen molar-refractivity contribution in [3.05, 3.63) is 70.8 Å². The highest BCUT2D eigenvalue weighted by Crippen LogP contribution is 2.42. The van der Waals surface area contributed by atoms with Gasteiger partial charge in [0, 0.05) is 102 Å². The number of likely N-dealkylation sites (N-methyl/N-ethyl adjacent to an activating group) is 2.